The van der Waals surface area contributed by atoms with Gasteiger partial charge in [-0.05, 0) is 24.3 Å². The number of fused-ring (bicyclic) bond motifs is 1. The highest BCUT2D eigenvalue weighted by molar-refractivity contribution is 5.84. The van der Waals surface area contributed by atoms with Crippen molar-refractivity contribution < 1.29 is 4.74 Å². The van der Waals surface area contributed by atoms with Crippen molar-refractivity contribution in [1.29, 1.82) is 0 Å². The van der Waals surface area contributed by atoms with Crippen LogP contribution in [-0.2, 0) is 0 Å². The molecule has 1 aliphatic heterocycles. The summed E-state index contributed by atoms with van der Waals surface area (Å²) in [6.07, 6.45) is 3.94. The van der Waals surface area contributed by atoms with Gasteiger partial charge in [0.15, 0.2) is 0 Å². The molecule has 0 unspecified atom stereocenters. The monoisotopic (exact) mass is 209 g/mol. The summed E-state index contributed by atoms with van der Waals surface area (Å²) in [6.45, 7) is 0.591. The molecule has 0 amide bonds. The molecule has 0 atom stereocenters. The molecule has 0 bridgehead atoms. The van der Waals surface area contributed by atoms with E-state index < -0.39 is 0 Å². The molecule has 0 fully saturated rings. The topological polar surface area (TPSA) is 22.1 Å². The van der Waals surface area contributed by atoms with Gasteiger partial charge in [-0.25, -0.2) is 0 Å². The van der Waals surface area contributed by atoms with Crippen LogP contribution in [0.4, 0.5) is 0 Å². The fourth-order valence-corrected chi connectivity index (χ4v) is 1.82. The minimum absolute atomic E-state index is 0.591. The lowest BCUT2D eigenvalue weighted by molar-refractivity contribution is 0.365. The SMILES string of the molecule is C1=C(c2ccccn2)COc2ccccc21. The molecular formula is C14H11NO. The first-order chi connectivity index (χ1) is 7.93. The summed E-state index contributed by atoms with van der Waals surface area (Å²) in [5.74, 6) is 0.946. The van der Waals surface area contributed by atoms with Crippen LogP contribution in [0.25, 0.3) is 11.6 Å². The van der Waals surface area contributed by atoms with Crippen LogP contribution >= 0.6 is 0 Å². The maximum atomic E-state index is 5.68. The van der Waals surface area contributed by atoms with Crippen LogP contribution in [0.2, 0.25) is 0 Å². The lowest BCUT2D eigenvalue weighted by atomic mass is 10.1. The van der Waals surface area contributed by atoms with Crippen molar-refractivity contribution in [3.05, 3.63) is 59.9 Å². The van der Waals surface area contributed by atoms with E-state index in [-0.39, 0.29) is 0 Å². The molecule has 2 heterocycles. The summed E-state index contributed by atoms with van der Waals surface area (Å²) in [5, 5.41) is 0. The van der Waals surface area contributed by atoms with Crippen molar-refractivity contribution in [1.82, 2.24) is 4.98 Å². The van der Waals surface area contributed by atoms with E-state index >= 15 is 0 Å². The van der Waals surface area contributed by atoms with Gasteiger partial charge >= 0.3 is 0 Å². The van der Waals surface area contributed by atoms with E-state index in [9.17, 15) is 0 Å². The Balaban J connectivity index is 2.04. The van der Waals surface area contributed by atoms with E-state index in [4.69, 9.17) is 4.74 Å². The number of hydrogen-bond acceptors (Lipinski definition) is 2. The number of benzene rings is 1. The molecule has 2 heteroatoms. The molecular weight excluding hydrogens is 198 g/mol. The Morgan fingerprint density at radius 3 is 2.75 bits per heavy atom. The molecule has 0 radical (unpaired) electrons. The second-order valence-corrected chi connectivity index (χ2v) is 3.71. The fourth-order valence-electron chi connectivity index (χ4n) is 1.82. The van der Waals surface area contributed by atoms with Crippen LogP contribution in [0.3, 0.4) is 0 Å². The molecule has 1 aliphatic rings. The van der Waals surface area contributed by atoms with Gasteiger partial charge in [-0.3, -0.25) is 4.98 Å². The van der Waals surface area contributed by atoms with Crippen molar-refractivity contribution in [2.24, 2.45) is 0 Å². The summed E-state index contributed by atoms with van der Waals surface area (Å²) in [6, 6.07) is 13.9. The molecule has 2 nitrogen and oxygen atoms in total. The van der Waals surface area contributed by atoms with E-state index in [1.165, 1.54) is 0 Å². The second kappa shape index (κ2) is 3.81. The van der Waals surface area contributed by atoms with Crippen LogP contribution in [0.15, 0.2) is 48.7 Å². The zero-order valence-electron chi connectivity index (χ0n) is 8.76. The lowest BCUT2D eigenvalue weighted by Gasteiger charge is -2.17. The first-order valence-corrected chi connectivity index (χ1v) is 5.27. The van der Waals surface area contributed by atoms with Crippen LogP contribution < -0.4 is 4.74 Å². The molecule has 2 aromatic rings. The molecule has 0 spiro atoms. The minimum atomic E-state index is 0.591. The lowest BCUT2D eigenvalue weighted by Crippen LogP contribution is -2.07. The van der Waals surface area contributed by atoms with Crippen molar-refractivity contribution in [2.75, 3.05) is 6.61 Å². The van der Waals surface area contributed by atoms with Gasteiger partial charge in [0, 0.05) is 17.3 Å². The fraction of sp³-hybridized carbons (Fsp3) is 0.0714. The summed E-state index contributed by atoms with van der Waals surface area (Å²) in [5.41, 5.74) is 3.23. The van der Waals surface area contributed by atoms with Gasteiger partial charge in [0.25, 0.3) is 0 Å². The Labute approximate surface area is 94.2 Å². The van der Waals surface area contributed by atoms with Crippen molar-refractivity contribution in [3.63, 3.8) is 0 Å². The Morgan fingerprint density at radius 1 is 1.00 bits per heavy atom. The highest BCUT2D eigenvalue weighted by Gasteiger charge is 2.12. The average molecular weight is 209 g/mol. The molecule has 78 valence electrons. The number of ether oxygens (including phenoxy) is 1. The van der Waals surface area contributed by atoms with Gasteiger partial charge in [-0.15, -0.1) is 0 Å². The van der Waals surface area contributed by atoms with E-state index in [2.05, 4.69) is 17.1 Å². The Hall–Kier alpha value is -2.09. The molecule has 0 saturated heterocycles. The number of aromatic nitrogens is 1. The van der Waals surface area contributed by atoms with Crippen LogP contribution in [0, 0.1) is 0 Å². The number of pyridine rings is 1. The predicted molar refractivity (Wildman–Crippen MR) is 64.0 cm³/mol. The molecule has 0 N–H and O–H groups in total. The maximum absolute atomic E-state index is 5.68. The van der Waals surface area contributed by atoms with Crippen LogP contribution in [0.5, 0.6) is 5.75 Å². The number of nitrogens with zero attached hydrogens (tertiary/aromatic N) is 1. The molecule has 16 heavy (non-hydrogen) atoms. The molecule has 3 rings (SSSR count). The van der Waals surface area contributed by atoms with Crippen molar-refractivity contribution in [2.45, 2.75) is 0 Å². The van der Waals surface area contributed by atoms with Crippen molar-refractivity contribution in [3.8, 4) is 5.75 Å². The van der Waals surface area contributed by atoms with Gasteiger partial charge < -0.3 is 4.74 Å². The first-order valence-electron chi connectivity index (χ1n) is 5.27. The average Bonchev–Trinajstić information content (AvgIpc) is 2.39. The third kappa shape index (κ3) is 1.58. The Kier molecular flexibility index (Phi) is 2.18. The highest BCUT2D eigenvalue weighted by atomic mass is 16.5. The normalized spacial score (nSPS) is 13.6. The largest absolute Gasteiger partial charge is 0.488 e. The van der Waals surface area contributed by atoms with Crippen LogP contribution in [0.1, 0.15) is 11.3 Å². The zero-order valence-corrected chi connectivity index (χ0v) is 8.76. The summed E-state index contributed by atoms with van der Waals surface area (Å²) in [4.78, 5) is 4.33. The van der Waals surface area contributed by atoms with E-state index in [1.54, 1.807) is 6.20 Å². The number of para-hydroxylation sites is 1. The van der Waals surface area contributed by atoms with Gasteiger partial charge in [0.05, 0.1) is 5.69 Å². The molecule has 1 aromatic carbocycles. The molecule has 0 aliphatic carbocycles. The van der Waals surface area contributed by atoms with Gasteiger partial charge in [-0.2, -0.15) is 0 Å². The quantitative estimate of drug-likeness (QED) is 0.720. The second-order valence-electron chi connectivity index (χ2n) is 3.71. The summed E-state index contributed by atoms with van der Waals surface area (Å²) < 4.78 is 5.68. The Bertz CT molecular complexity index is 531. The van der Waals surface area contributed by atoms with E-state index in [0.29, 0.717) is 6.61 Å². The van der Waals surface area contributed by atoms with Crippen LogP contribution in [-0.4, -0.2) is 11.6 Å². The van der Waals surface area contributed by atoms with E-state index in [1.807, 2.05) is 36.4 Å². The zero-order chi connectivity index (χ0) is 10.8. The molecule has 0 saturated carbocycles. The number of rotatable bonds is 1. The summed E-state index contributed by atoms with van der Waals surface area (Å²) >= 11 is 0. The van der Waals surface area contributed by atoms with Gasteiger partial charge in [-0.1, -0.05) is 24.3 Å². The third-order valence-electron chi connectivity index (χ3n) is 2.63. The smallest absolute Gasteiger partial charge is 0.127 e. The van der Waals surface area contributed by atoms with Gasteiger partial charge in [0.1, 0.15) is 12.4 Å². The first kappa shape index (κ1) is 9.16. The van der Waals surface area contributed by atoms with E-state index in [0.717, 1.165) is 22.6 Å². The molecule has 1 aromatic heterocycles. The number of hydrogen-bond donors (Lipinski definition) is 0. The Morgan fingerprint density at radius 2 is 1.88 bits per heavy atom. The minimum Gasteiger partial charge on any atom is -0.488 e. The predicted octanol–water partition coefficient (Wildman–Crippen LogP) is 3.01. The van der Waals surface area contributed by atoms with Crippen molar-refractivity contribution >= 4 is 11.6 Å². The standard InChI is InChI=1S/C14H11NO/c1-2-7-14-11(5-1)9-12(10-16-14)13-6-3-4-8-15-13/h1-9H,10H2. The van der Waals surface area contributed by atoms with Gasteiger partial charge in [0.2, 0.25) is 0 Å². The highest BCUT2D eigenvalue weighted by Crippen LogP contribution is 2.29. The third-order valence-corrected chi connectivity index (χ3v) is 2.63. The maximum Gasteiger partial charge on any atom is 0.127 e. The summed E-state index contributed by atoms with van der Waals surface area (Å²) in [7, 11) is 0.